The molecular weight excluding hydrogens is 497 g/mol. The van der Waals surface area contributed by atoms with Crippen molar-refractivity contribution in [2.45, 2.75) is 45.1 Å². The van der Waals surface area contributed by atoms with Gasteiger partial charge in [0.25, 0.3) is 5.91 Å². The zero-order chi connectivity index (χ0) is 22.9. The van der Waals surface area contributed by atoms with Crippen molar-refractivity contribution >= 4 is 68.6 Å². The minimum atomic E-state index is -0.0299. The van der Waals surface area contributed by atoms with E-state index in [2.05, 4.69) is 4.98 Å². The van der Waals surface area contributed by atoms with Crippen LogP contribution in [0.1, 0.15) is 43.6 Å². The van der Waals surface area contributed by atoms with Crippen molar-refractivity contribution in [3.05, 3.63) is 62.1 Å². The van der Waals surface area contributed by atoms with Crippen LogP contribution in [0.25, 0.3) is 17.4 Å². The van der Waals surface area contributed by atoms with Crippen molar-refractivity contribution in [3.63, 3.8) is 0 Å². The van der Waals surface area contributed by atoms with Crippen LogP contribution < -0.4 is 0 Å². The van der Waals surface area contributed by atoms with Crippen molar-refractivity contribution in [3.8, 4) is 11.3 Å². The Hall–Kier alpha value is -2.06. The van der Waals surface area contributed by atoms with Crippen LogP contribution in [0.3, 0.4) is 0 Å². The summed E-state index contributed by atoms with van der Waals surface area (Å²) in [6, 6.07) is 9.07. The molecule has 0 atom stereocenters. The van der Waals surface area contributed by atoms with Gasteiger partial charge >= 0.3 is 0 Å². The average molecular weight is 518 g/mol. The summed E-state index contributed by atoms with van der Waals surface area (Å²) in [6.07, 6.45) is 7.24. The number of carbonyl (C=O) groups is 1. The second kappa shape index (κ2) is 9.66. The van der Waals surface area contributed by atoms with Crippen molar-refractivity contribution in [1.29, 1.82) is 0 Å². The molecular formula is C24H21Cl2N3O2S2. The standard InChI is InChI=1S/C24H21Cl2N3O2S2/c1-14-13-32-23(27-14)28-24-29(16-5-3-2-4-6-16)22(30)21(33-24)12-17-8-10-20(31-17)18-11-15(25)7-9-19(18)26/h7-13,16H,2-6H2,1H3/b21-12+,28-24+. The first-order chi connectivity index (χ1) is 16.0. The van der Waals surface area contributed by atoms with Crippen LogP contribution >= 0.6 is 46.3 Å². The molecule has 0 N–H and O–H groups in total. The van der Waals surface area contributed by atoms with Crippen LogP contribution in [0.5, 0.6) is 0 Å². The van der Waals surface area contributed by atoms with Crippen LogP contribution in [-0.4, -0.2) is 27.0 Å². The Morgan fingerprint density at radius 2 is 2.00 bits per heavy atom. The van der Waals surface area contributed by atoms with Gasteiger partial charge in [-0.3, -0.25) is 9.69 Å². The van der Waals surface area contributed by atoms with Crippen LogP contribution in [0, 0.1) is 6.92 Å². The Morgan fingerprint density at radius 1 is 1.18 bits per heavy atom. The molecule has 3 aromatic rings. The van der Waals surface area contributed by atoms with Crippen LogP contribution in [0.2, 0.25) is 10.0 Å². The smallest absolute Gasteiger partial charge is 0.267 e. The fourth-order valence-corrected chi connectivity index (χ4v) is 6.22. The average Bonchev–Trinajstić information content (AvgIpc) is 3.51. The number of furan rings is 1. The monoisotopic (exact) mass is 517 g/mol. The van der Waals surface area contributed by atoms with Gasteiger partial charge in [0.2, 0.25) is 5.13 Å². The van der Waals surface area contributed by atoms with Gasteiger partial charge in [-0.05, 0) is 61.9 Å². The maximum absolute atomic E-state index is 13.4. The maximum Gasteiger partial charge on any atom is 0.267 e. The largest absolute Gasteiger partial charge is 0.457 e. The van der Waals surface area contributed by atoms with E-state index in [0.29, 0.717) is 42.3 Å². The maximum atomic E-state index is 13.4. The summed E-state index contributed by atoms with van der Waals surface area (Å²) < 4.78 is 6.00. The summed E-state index contributed by atoms with van der Waals surface area (Å²) in [5, 5.41) is 4.45. The van der Waals surface area contributed by atoms with Crippen molar-refractivity contribution < 1.29 is 9.21 Å². The molecule has 1 aliphatic heterocycles. The number of thiazole rings is 1. The number of amidine groups is 1. The zero-order valence-electron chi connectivity index (χ0n) is 17.9. The molecule has 5 nitrogen and oxygen atoms in total. The van der Waals surface area contributed by atoms with E-state index < -0.39 is 0 Å². The van der Waals surface area contributed by atoms with Gasteiger partial charge in [0.05, 0.1) is 15.6 Å². The fourth-order valence-electron chi connectivity index (χ4n) is 4.09. The van der Waals surface area contributed by atoms with Crippen molar-refractivity contribution in [1.82, 2.24) is 9.88 Å². The summed E-state index contributed by atoms with van der Waals surface area (Å²) in [4.78, 5) is 25.1. The summed E-state index contributed by atoms with van der Waals surface area (Å²) >= 11 is 15.3. The van der Waals surface area contributed by atoms with Gasteiger partial charge < -0.3 is 4.42 Å². The molecule has 2 aliphatic rings. The Kier molecular flexibility index (Phi) is 6.65. The summed E-state index contributed by atoms with van der Waals surface area (Å²) in [5.74, 6) is 1.14. The van der Waals surface area contributed by atoms with Gasteiger partial charge in [-0.15, -0.1) is 11.3 Å². The van der Waals surface area contributed by atoms with Crippen molar-refractivity contribution in [2.75, 3.05) is 0 Å². The Balaban J connectivity index is 1.47. The van der Waals surface area contributed by atoms with Crippen LogP contribution in [0.4, 0.5) is 5.13 Å². The lowest BCUT2D eigenvalue weighted by atomic mass is 9.94. The highest BCUT2D eigenvalue weighted by atomic mass is 35.5. The van der Waals surface area contributed by atoms with Gasteiger partial charge in [0.15, 0.2) is 5.17 Å². The molecule has 9 heteroatoms. The molecule has 3 heterocycles. The quantitative estimate of drug-likeness (QED) is 0.329. The molecule has 2 aromatic heterocycles. The predicted octanol–water partition coefficient (Wildman–Crippen LogP) is 7.96. The topological polar surface area (TPSA) is 58.7 Å². The number of hydrogen-bond acceptors (Lipinski definition) is 6. The van der Waals surface area contributed by atoms with E-state index in [1.807, 2.05) is 29.3 Å². The number of aryl methyl sites for hydroxylation is 1. The first kappa shape index (κ1) is 22.7. The lowest BCUT2D eigenvalue weighted by Gasteiger charge is -2.30. The molecule has 2 fully saturated rings. The number of rotatable bonds is 4. The van der Waals surface area contributed by atoms with E-state index in [1.54, 1.807) is 24.3 Å². The summed E-state index contributed by atoms with van der Waals surface area (Å²) in [5.41, 5.74) is 1.64. The van der Waals surface area contributed by atoms with E-state index in [-0.39, 0.29) is 11.9 Å². The molecule has 0 unspecified atom stereocenters. The van der Waals surface area contributed by atoms with E-state index in [1.165, 1.54) is 29.5 Å². The molecule has 1 amide bonds. The minimum Gasteiger partial charge on any atom is -0.457 e. The normalized spacial score (nSPS) is 19.8. The molecule has 0 spiro atoms. The SMILES string of the molecule is Cc1csc(/N=C2/S/C(=C/c3ccc(-c4cc(Cl)ccc4Cl)o3)C(=O)N2C2CCCCC2)n1. The second-order valence-corrected chi connectivity index (χ2v) is 10.8. The third-order valence-electron chi connectivity index (χ3n) is 5.67. The van der Waals surface area contributed by atoms with E-state index in [4.69, 9.17) is 32.6 Å². The van der Waals surface area contributed by atoms with Gasteiger partial charge in [0.1, 0.15) is 11.5 Å². The fraction of sp³-hybridized carbons (Fsp3) is 0.292. The first-order valence-electron chi connectivity index (χ1n) is 10.8. The lowest BCUT2D eigenvalue weighted by Crippen LogP contribution is -2.40. The first-order valence-corrected chi connectivity index (χ1v) is 13.2. The number of nitrogens with zero attached hydrogens (tertiary/aromatic N) is 3. The molecule has 5 rings (SSSR count). The summed E-state index contributed by atoms with van der Waals surface area (Å²) in [6.45, 7) is 1.94. The van der Waals surface area contributed by atoms with Gasteiger partial charge in [-0.2, -0.15) is 4.99 Å². The lowest BCUT2D eigenvalue weighted by molar-refractivity contribution is -0.124. The van der Waals surface area contributed by atoms with Gasteiger partial charge in [0, 0.05) is 28.1 Å². The highest BCUT2D eigenvalue weighted by molar-refractivity contribution is 8.18. The van der Waals surface area contributed by atoms with Gasteiger partial charge in [-0.25, -0.2) is 4.98 Å². The molecule has 33 heavy (non-hydrogen) atoms. The third kappa shape index (κ3) is 4.92. The molecule has 0 bridgehead atoms. The van der Waals surface area contributed by atoms with E-state index >= 15 is 0 Å². The number of hydrogen-bond donors (Lipinski definition) is 0. The molecule has 1 aromatic carbocycles. The molecule has 1 saturated heterocycles. The number of halogens is 2. The third-order valence-corrected chi connectivity index (χ3v) is 8.07. The number of thioether (sulfide) groups is 1. The van der Waals surface area contributed by atoms with E-state index in [0.717, 1.165) is 31.4 Å². The predicted molar refractivity (Wildman–Crippen MR) is 137 cm³/mol. The van der Waals surface area contributed by atoms with Crippen LogP contribution in [0.15, 0.2) is 50.0 Å². The Morgan fingerprint density at radius 3 is 2.76 bits per heavy atom. The molecule has 170 valence electrons. The molecule has 1 saturated carbocycles. The van der Waals surface area contributed by atoms with Crippen molar-refractivity contribution in [2.24, 2.45) is 4.99 Å². The Labute approximate surface area is 210 Å². The second-order valence-electron chi connectivity index (χ2n) is 8.07. The number of amides is 1. The van der Waals surface area contributed by atoms with Gasteiger partial charge in [-0.1, -0.05) is 42.5 Å². The molecule has 1 aliphatic carbocycles. The highest BCUT2D eigenvalue weighted by Crippen LogP contribution is 2.39. The number of benzene rings is 1. The highest BCUT2D eigenvalue weighted by Gasteiger charge is 2.39. The van der Waals surface area contributed by atoms with Crippen LogP contribution in [-0.2, 0) is 4.79 Å². The summed E-state index contributed by atoms with van der Waals surface area (Å²) in [7, 11) is 0. The number of aliphatic imine (C=N–C) groups is 1. The Bertz CT molecular complexity index is 1260. The number of aromatic nitrogens is 1. The van der Waals surface area contributed by atoms with E-state index in [9.17, 15) is 4.79 Å². The number of carbonyl (C=O) groups excluding carboxylic acids is 1. The zero-order valence-corrected chi connectivity index (χ0v) is 21.0. The molecule has 0 radical (unpaired) electrons. The minimum absolute atomic E-state index is 0.0299.